The third-order valence-corrected chi connectivity index (χ3v) is 2.53. The van der Waals surface area contributed by atoms with Crippen molar-refractivity contribution in [2.45, 2.75) is 13.3 Å². The first-order chi connectivity index (χ1) is 7.30. The fourth-order valence-electron chi connectivity index (χ4n) is 1.86. The summed E-state index contributed by atoms with van der Waals surface area (Å²) in [7, 11) is 1.63. The van der Waals surface area contributed by atoms with Crippen molar-refractivity contribution in [1.29, 1.82) is 0 Å². The standard InChI is InChI=1S/C12H14NO2/c1-3-4-13-7-10-5-9(8-14)6-11(15-2)12(10)13/h5-8H,3-4H2,1-2H3/q+1. The first-order valence-corrected chi connectivity index (χ1v) is 5.09. The first-order valence-electron chi connectivity index (χ1n) is 5.09. The van der Waals surface area contributed by atoms with E-state index in [1.165, 1.54) is 0 Å². The SMILES string of the molecule is CCC[N+]1=c2c(OC)cc(C=O)cc2=C1. The summed E-state index contributed by atoms with van der Waals surface area (Å²) in [4.78, 5) is 10.7. The lowest BCUT2D eigenvalue weighted by molar-refractivity contribution is 0.112. The van der Waals surface area contributed by atoms with Crippen molar-refractivity contribution >= 4 is 12.5 Å². The Hall–Kier alpha value is -1.64. The molecule has 0 saturated carbocycles. The Morgan fingerprint density at radius 2 is 2.27 bits per heavy atom. The summed E-state index contributed by atoms with van der Waals surface area (Å²) in [6, 6.07) is 3.67. The maximum Gasteiger partial charge on any atom is 0.261 e. The van der Waals surface area contributed by atoms with E-state index in [2.05, 4.69) is 11.5 Å². The minimum Gasteiger partial charge on any atom is -0.490 e. The number of carbonyl (C=O) groups excluding carboxylic acids is 1. The summed E-state index contributed by atoms with van der Waals surface area (Å²) in [6.45, 7) is 3.13. The Balaban J connectivity index is 2.59. The third kappa shape index (κ3) is 1.54. The summed E-state index contributed by atoms with van der Waals surface area (Å²) in [5.41, 5.74) is 0.665. The van der Waals surface area contributed by atoms with E-state index >= 15 is 0 Å². The van der Waals surface area contributed by atoms with E-state index in [1.54, 1.807) is 13.2 Å². The van der Waals surface area contributed by atoms with E-state index in [1.807, 2.05) is 12.3 Å². The number of nitrogens with zero attached hydrogens (tertiary/aromatic N) is 1. The van der Waals surface area contributed by atoms with Crippen LogP contribution in [0.1, 0.15) is 23.7 Å². The third-order valence-electron chi connectivity index (χ3n) is 2.53. The molecule has 1 aliphatic rings. The summed E-state index contributed by atoms with van der Waals surface area (Å²) in [5.74, 6) is 0.783. The highest BCUT2D eigenvalue weighted by Crippen LogP contribution is 2.04. The minimum atomic E-state index is 0.665. The predicted molar refractivity (Wildman–Crippen MR) is 58.5 cm³/mol. The molecule has 1 aromatic carbocycles. The smallest absolute Gasteiger partial charge is 0.261 e. The van der Waals surface area contributed by atoms with Crippen molar-refractivity contribution in [1.82, 2.24) is 4.58 Å². The molecule has 0 fully saturated rings. The van der Waals surface area contributed by atoms with Crippen LogP contribution in [0.25, 0.3) is 6.20 Å². The summed E-state index contributed by atoms with van der Waals surface area (Å²) in [5, 5.41) is 2.19. The number of hydrogen-bond acceptors (Lipinski definition) is 2. The number of aldehydes is 1. The number of benzene rings is 1. The molecule has 3 heteroatoms. The van der Waals surface area contributed by atoms with Gasteiger partial charge in [-0.25, -0.2) is 0 Å². The number of methoxy groups -OCH3 is 1. The Morgan fingerprint density at radius 3 is 2.87 bits per heavy atom. The highest BCUT2D eigenvalue weighted by atomic mass is 16.5. The molecule has 0 aromatic heterocycles. The van der Waals surface area contributed by atoms with Gasteiger partial charge < -0.3 is 4.74 Å². The minimum absolute atomic E-state index is 0.665. The molecule has 0 bridgehead atoms. The van der Waals surface area contributed by atoms with Gasteiger partial charge in [0.1, 0.15) is 18.0 Å². The number of carbonyl (C=O) groups is 1. The first kappa shape index (κ1) is 9.90. The van der Waals surface area contributed by atoms with Crippen LogP contribution in [0, 0.1) is 0 Å². The average molecular weight is 204 g/mol. The van der Waals surface area contributed by atoms with E-state index in [-0.39, 0.29) is 0 Å². The monoisotopic (exact) mass is 204 g/mol. The molecular formula is C12H14NO2+. The predicted octanol–water partition coefficient (Wildman–Crippen LogP) is 0.160. The molecule has 0 radical (unpaired) electrons. The van der Waals surface area contributed by atoms with Crippen molar-refractivity contribution in [3.05, 3.63) is 28.3 Å². The molecular weight excluding hydrogens is 190 g/mol. The highest BCUT2D eigenvalue weighted by Gasteiger charge is 2.19. The van der Waals surface area contributed by atoms with Crippen molar-refractivity contribution < 1.29 is 9.53 Å². The van der Waals surface area contributed by atoms with E-state index in [4.69, 9.17) is 4.74 Å². The van der Waals surface area contributed by atoms with Gasteiger partial charge in [-0.3, -0.25) is 4.79 Å². The number of fused-ring (bicyclic) bond motifs is 1. The summed E-state index contributed by atoms with van der Waals surface area (Å²) >= 11 is 0. The van der Waals surface area contributed by atoms with Gasteiger partial charge in [0.15, 0.2) is 11.9 Å². The molecule has 2 rings (SSSR count). The molecule has 3 nitrogen and oxygen atoms in total. The van der Waals surface area contributed by atoms with Crippen LogP contribution in [0.4, 0.5) is 0 Å². The van der Waals surface area contributed by atoms with Crippen LogP contribution in [-0.2, 0) is 0 Å². The topological polar surface area (TPSA) is 29.3 Å². The molecule has 0 unspecified atom stereocenters. The van der Waals surface area contributed by atoms with Crippen LogP contribution in [0.3, 0.4) is 0 Å². The molecule has 0 N–H and O–H groups in total. The van der Waals surface area contributed by atoms with E-state index < -0.39 is 0 Å². The Morgan fingerprint density at radius 1 is 1.47 bits per heavy atom. The molecule has 78 valence electrons. The number of ether oxygens (including phenoxy) is 1. The largest absolute Gasteiger partial charge is 0.490 e. The highest BCUT2D eigenvalue weighted by molar-refractivity contribution is 5.75. The second-order valence-corrected chi connectivity index (χ2v) is 3.60. The number of hydrogen-bond donors (Lipinski definition) is 0. The van der Waals surface area contributed by atoms with Gasteiger partial charge in [-0.05, 0) is 12.1 Å². The van der Waals surface area contributed by atoms with Crippen molar-refractivity contribution in [2.24, 2.45) is 0 Å². The average Bonchev–Trinajstić information content (AvgIpc) is 2.24. The van der Waals surface area contributed by atoms with Gasteiger partial charge in [0.2, 0.25) is 0 Å². The van der Waals surface area contributed by atoms with Gasteiger partial charge in [-0.15, -0.1) is 0 Å². The van der Waals surface area contributed by atoms with Crippen LogP contribution in [0.2, 0.25) is 0 Å². The van der Waals surface area contributed by atoms with Gasteiger partial charge >= 0.3 is 0 Å². The lowest BCUT2D eigenvalue weighted by Crippen LogP contribution is -2.48. The molecule has 15 heavy (non-hydrogen) atoms. The van der Waals surface area contributed by atoms with Crippen LogP contribution in [0.5, 0.6) is 5.75 Å². The Bertz CT molecular complexity index is 517. The lowest BCUT2D eigenvalue weighted by Gasteiger charge is -2.07. The molecule has 0 saturated heterocycles. The van der Waals surface area contributed by atoms with Gasteiger partial charge in [0.25, 0.3) is 5.36 Å². The van der Waals surface area contributed by atoms with E-state index in [0.29, 0.717) is 5.56 Å². The van der Waals surface area contributed by atoms with Crippen LogP contribution < -0.4 is 19.9 Å². The second kappa shape index (κ2) is 3.85. The second-order valence-electron chi connectivity index (χ2n) is 3.60. The van der Waals surface area contributed by atoms with Crippen LogP contribution >= 0.6 is 0 Å². The van der Waals surface area contributed by atoms with Crippen molar-refractivity contribution in [3.63, 3.8) is 0 Å². The van der Waals surface area contributed by atoms with Crippen LogP contribution in [-0.4, -0.2) is 19.9 Å². The van der Waals surface area contributed by atoms with Crippen molar-refractivity contribution in [3.8, 4) is 5.75 Å². The molecule has 0 spiro atoms. The maximum absolute atomic E-state index is 10.7. The number of rotatable bonds is 4. The molecule has 0 amide bonds. The quantitative estimate of drug-likeness (QED) is 0.516. The maximum atomic E-state index is 10.7. The Kier molecular flexibility index (Phi) is 2.54. The van der Waals surface area contributed by atoms with E-state index in [0.717, 1.165) is 35.6 Å². The zero-order valence-corrected chi connectivity index (χ0v) is 8.99. The lowest BCUT2D eigenvalue weighted by atomic mass is 10.1. The molecule has 1 aliphatic heterocycles. The zero-order chi connectivity index (χ0) is 10.8. The molecule has 1 aromatic rings. The Labute approximate surface area is 88.3 Å². The zero-order valence-electron chi connectivity index (χ0n) is 8.99. The van der Waals surface area contributed by atoms with Gasteiger partial charge in [-0.1, -0.05) is 6.92 Å². The summed E-state index contributed by atoms with van der Waals surface area (Å²) in [6.07, 6.45) is 3.99. The normalized spacial score (nSPS) is 12.5. The molecule has 0 aliphatic carbocycles. The van der Waals surface area contributed by atoms with Crippen LogP contribution in [0.15, 0.2) is 12.1 Å². The van der Waals surface area contributed by atoms with E-state index in [9.17, 15) is 4.79 Å². The summed E-state index contributed by atoms with van der Waals surface area (Å²) < 4.78 is 7.43. The fraction of sp³-hybridized carbons (Fsp3) is 0.333. The molecule has 1 heterocycles. The van der Waals surface area contributed by atoms with Gasteiger partial charge in [0.05, 0.1) is 7.11 Å². The van der Waals surface area contributed by atoms with Crippen molar-refractivity contribution in [2.75, 3.05) is 13.7 Å². The fourth-order valence-corrected chi connectivity index (χ4v) is 1.86. The van der Waals surface area contributed by atoms with Gasteiger partial charge in [0, 0.05) is 12.0 Å². The molecule has 0 atom stereocenters. The van der Waals surface area contributed by atoms with Gasteiger partial charge in [-0.2, -0.15) is 4.58 Å².